The molecule has 0 atom stereocenters. The number of carbonyl (C=O) groups is 2. The number of rotatable bonds is 6. The molecule has 1 aliphatic rings. The Morgan fingerprint density at radius 1 is 1.19 bits per heavy atom. The number of pyridine rings is 1. The minimum Gasteiger partial charge on any atom is -0.337 e. The number of nitrogens with one attached hydrogen (secondary N) is 1. The first kappa shape index (κ1) is 20.9. The largest absolute Gasteiger partial charge is 0.337 e. The zero-order valence-corrected chi connectivity index (χ0v) is 18.3. The molecule has 0 radical (unpaired) electrons. The van der Waals surface area contributed by atoms with Gasteiger partial charge in [0.05, 0.1) is 24.3 Å². The van der Waals surface area contributed by atoms with Crippen molar-refractivity contribution >= 4 is 17.4 Å². The quantitative estimate of drug-likeness (QED) is 0.665. The molecule has 1 amide bonds. The van der Waals surface area contributed by atoms with Gasteiger partial charge in [-0.15, -0.1) is 0 Å². The van der Waals surface area contributed by atoms with Crippen molar-refractivity contribution in [2.24, 2.45) is 0 Å². The van der Waals surface area contributed by atoms with E-state index in [2.05, 4.69) is 21.4 Å². The van der Waals surface area contributed by atoms with Crippen LogP contribution in [0.4, 0.5) is 5.69 Å². The molecule has 0 unspecified atom stereocenters. The molecule has 4 rings (SSSR count). The summed E-state index contributed by atoms with van der Waals surface area (Å²) in [7, 11) is 0. The van der Waals surface area contributed by atoms with Gasteiger partial charge in [-0.3, -0.25) is 19.5 Å². The van der Waals surface area contributed by atoms with Crippen LogP contribution in [0.25, 0.3) is 11.3 Å². The smallest absolute Gasteiger partial charge is 0.241 e. The Bertz CT molecular complexity index is 1150. The number of benzene rings is 1. The number of nitrogens with zero attached hydrogens (tertiary/aromatic N) is 4. The lowest BCUT2D eigenvalue weighted by Gasteiger charge is -2.30. The summed E-state index contributed by atoms with van der Waals surface area (Å²) < 4.78 is 1.97. The zero-order valence-electron chi connectivity index (χ0n) is 18.3. The average molecular weight is 418 g/mol. The zero-order chi connectivity index (χ0) is 22.2. The molecular weight excluding hydrogens is 390 g/mol. The fraction of sp³-hybridized carbons (Fsp3) is 0.333. The summed E-state index contributed by atoms with van der Waals surface area (Å²) in [6.07, 6.45) is 5.34. The predicted octanol–water partition coefficient (Wildman–Crippen LogP) is 3.37. The van der Waals surface area contributed by atoms with Gasteiger partial charge in [0.15, 0.2) is 0 Å². The summed E-state index contributed by atoms with van der Waals surface area (Å²) >= 11 is 0. The standard InChI is InChI=1S/C24H27N5O2/c1-5-28-14-19(27-15-28)18-10-20-22(26-12-18)23(31)24(3,4)29(20)21(30)13-25-11-17-8-6-7-16(2)9-17/h6-10,12,14-15,25H,5,11,13H2,1-4H3. The number of aryl methyl sites for hydroxylation is 2. The highest BCUT2D eigenvalue weighted by atomic mass is 16.2. The van der Waals surface area contributed by atoms with E-state index < -0.39 is 5.54 Å². The van der Waals surface area contributed by atoms with Gasteiger partial charge in [-0.2, -0.15) is 0 Å². The molecule has 31 heavy (non-hydrogen) atoms. The highest BCUT2D eigenvalue weighted by molar-refractivity contribution is 6.19. The minimum atomic E-state index is -0.987. The third-order valence-corrected chi connectivity index (χ3v) is 5.67. The van der Waals surface area contributed by atoms with Crippen LogP contribution in [-0.4, -0.2) is 38.3 Å². The number of aromatic nitrogens is 3. The molecule has 7 heteroatoms. The molecule has 0 saturated carbocycles. The Morgan fingerprint density at radius 3 is 2.71 bits per heavy atom. The van der Waals surface area contributed by atoms with Gasteiger partial charge >= 0.3 is 0 Å². The van der Waals surface area contributed by atoms with Crippen molar-refractivity contribution in [3.8, 4) is 11.3 Å². The van der Waals surface area contributed by atoms with E-state index in [0.717, 1.165) is 23.4 Å². The van der Waals surface area contributed by atoms with Crippen LogP contribution in [0.15, 0.2) is 49.1 Å². The van der Waals surface area contributed by atoms with Crippen LogP contribution < -0.4 is 10.2 Å². The number of anilines is 1. The van der Waals surface area contributed by atoms with E-state index >= 15 is 0 Å². The summed E-state index contributed by atoms with van der Waals surface area (Å²) in [5.41, 5.74) is 3.71. The van der Waals surface area contributed by atoms with E-state index in [1.54, 1.807) is 31.3 Å². The van der Waals surface area contributed by atoms with Gasteiger partial charge in [-0.1, -0.05) is 29.8 Å². The lowest BCUT2D eigenvalue weighted by Crippen LogP contribution is -2.51. The second kappa shape index (κ2) is 8.07. The van der Waals surface area contributed by atoms with E-state index in [0.29, 0.717) is 17.9 Å². The van der Waals surface area contributed by atoms with E-state index in [1.165, 1.54) is 5.56 Å². The molecule has 1 aromatic carbocycles. The Morgan fingerprint density at radius 2 is 2.00 bits per heavy atom. The second-order valence-corrected chi connectivity index (χ2v) is 8.39. The third kappa shape index (κ3) is 3.88. The topological polar surface area (TPSA) is 80.1 Å². The summed E-state index contributed by atoms with van der Waals surface area (Å²) in [5.74, 6) is -0.317. The highest BCUT2D eigenvalue weighted by Crippen LogP contribution is 2.39. The van der Waals surface area contributed by atoms with Crippen LogP contribution >= 0.6 is 0 Å². The van der Waals surface area contributed by atoms with Gasteiger partial charge in [0.2, 0.25) is 11.7 Å². The van der Waals surface area contributed by atoms with Crippen LogP contribution in [0.3, 0.4) is 0 Å². The molecule has 7 nitrogen and oxygen atoms in total. The lowest BCUT2D eigenvalue weighted by atomic mass is 9.99. The number of fused-ring (bicyclic) bond motifs is 1. The minimum absolute atomic E-state index is 0.124. The van der Waals surface area contributed by atoms with E-state index in [4.69, 9.17) is 0 Å². The van der Waals surface area contributed by atoms with Crippen LogP contribution in [-0.2, 0) is 17.9 Å². The predicted molar refractivity (Wildman–Crippen MR) is 120 cm³/mol. The maximum absolute atomic E-state index is 13.2. The van der Waals surface area contributed by atoms with E-state index in [1.807, 2.05) is 48.9 Å². The van der Waals surface area contributed by atoms with E-state index in [9.17, 15) is 9.59 Å². The maximum Gasteiger partial charge on any atom is 0.241 e. The first-order valence-corrected chi connectivity index (χ1v) is 10.5. The molecule has 0 spiro atoms. The van der Waals surface area contributed by atoms with Crippen LogP contribution in [0, 0.1) is 6.92 Å². The monoisotopic (exact) mass is 417 g/mol. The van der Waals surface area contributed by atoms with Crippen molar-refractivity contribution in [2.45, 2.75) is 46.3 Å². The van der Waals surface area contributed by atoms with Gasteiger partial charge in [0, 0.05) is 31.0 Å². The van der Waals surface area contributed by atoms with Gasteiger partial charge in [0.25, 0.3) is 0 Å². The van der Waals surface area contributed by atoms with Crippen molar-refractivity contribution in [2.75, 3.05) is 11.4 Å². The summed E-state index contributed by atoms with van der Waals surface area (Å²) in [5, 5.41) is 3.21. The molecular formula is C24H27N5O2. The first-order chi connectivity index (χ1) is 14.8. The molecule has 3 aromatic rings. The molecule has 1 N–H and O–H groups in total. The maximum atomic E-state index is 13.2. The van der Waals surface area contributed by atoms with Gasteiger partial charge in [-0.25, -0.2) is 4.98 Å². The van der Waals surface area contributed by atoms with Gasteiger partial charge in [-0.05, 0) is 39.3 Å². The first-order valence-electron chi connectivity index (χ1n) is 10.5. The Labute approximate surface area is 182 Å². The molecule has 0 bridgehead atoms. The van der Waals surface area contributed by atoms with Crippen LogP contribution in [0.5, 0.6) is 0 Å². The van der Waals surface area contributed by atoms with Crippen molar-refractivity contribution in [3.05, 3.63) is 65.9 Å². The number of hydrogen-bond donors (Lipinski definition) is 1. The third-order valence-electron chi connectivity index (χ3n) is 5.67. The molecule has 1 aliphatic heterocycles. The Kier molecular flexibility index (Phi) is 5.45. The summed E-state index contributed by atoms with van der Waals surface area (Å²) in [6.45, 7) is 9.12. The average Bonchev–Trinajstić information content (AvgIpc) is 3.29. The fourth-order valence-corrected chi connectivity index (χ4v) is 3.97. The Balaban J connectivity index is 1.57. The Hall–Kier alpha value is -3.32. The number of hydrogen-bond acceptors (Lipinski definition) is 5. The highest BCUT2D eigenvalue weighted by Gasteiger charge is 2.48. The normalized spacial score (nSPS) is 14.7. The van der Waals surface area contributed by atoms with Crippen molar-refractivity contribution in [1.82, 2.24) is 19.9 Å². The molecule has 160 valence electrons. The number of ketones is 1. The molecule has 0 fully saturated rings. The molecule has 0 aliphatic carbocycles. The molecule has 2 aromatic heterocycles. The number of Topliss-reactive ketones (excluding diaryl/α,β-unsaturated/α-hetero) is 1. The molecule has 3 heterocycles. The number of carbonyl (C=O) groups excluding carboxylic acids is 2. The fourth-order valence-electron chi connectivity index (χ4n) is 3.97. The number of imidazole rings is 1. The van der Waals surface area contributed by atoms with Gasteiger partial charge < -0.3 is 9.88 Å². The van der Waals surface area contributed by atoms with Crippen molar-refractivity contribution < 1.29 is 9.59 Å². The van der Waals surface area contributed by atoms with Crippen molar-refractivity contribution in [3.63, 3.8) is 0 Å². The van der Waals surface area contributed by atoms with Crippen LogP contribution in [0.1, 0.15) is 42.4 Å². The second-order valence-electron chi connectivity index (χ2n) is 8.39. The van der Waals surface area contributed by atoms with E-state index in [-0.39, 0.29) is 18.2 Å². The summed E-state index contributed by atoms with van der Waals surface area (Å²) in [4.78, 5) is 36.6. The summed E-state index contributed by atoms with van der Waals surface area (Å²) in [6, 6.07) is 9.99. The molecule has 0 saturated heterocycles. The number of amides is 1. The van der Waals surface area contributed by atoms with Crippen LogP contribution in [0.2, 0.25) is 0 Å². The SMILES string of the molecule is CCn1cnc(-c2cnc3c(c2)N(C(=O)CNCc2cccc(C)c2)C(C)(C)C3=O)c1. The van der Waals surface area contributed by atoms with Crippen molar-refractivity contribution in [1.29, 1.82) is 0 Å². The van der Waals surface area contributed by atoms with Gasteiger partial charge in [0.1, 0.15) is 11.2 Å². The lowest BCUT2D eigenvalue weighted by molar-refractivity contribution is -0.118.